The predicted octanol–water partition coefficient (Wildman–Crippen LogP) is 4.77. The first kappa shape index (κ1) is 23.2. The number of aryl methyl sites for hydroxylation is 1. The fourth-order valence-corrected chi connectivity index (χ4v) is 4.75. The third-order valence-corrected chi connectivity index (χ3v) is 6.71. The molecule has 1 saturated heterocycles. The number of carbonyl (C=O) groups is 1. The molecule has 1 unspecified atom stereocenters. The van der Waals surface area contributed by atoms with Gasteiger partial charge in [-0.2, -0.15) is 5.10 Å². The molecular formula is C28H28F2N4O. The van der Waals surface area contributed by atoms with Gasteiger partial charge in [0, 0.05) is 32.6 Å². The van der Waals surface area contributed by atoms with Gasteiger partial charge in [0.2, 0.25) is 0 Å². The van der Waals surface area contributed by atoms with E-state index in [1.54, 1.807) is 18.2 Å². The maximum atomic E-state index is 14.2. The van der Waals surface area contributed by atoms with E-state index in [1.807, 2.05) is 48.2 Å². The predicted molar refractivity (Wildman–Crippen MR) is 133 cm³/mol. The Kier molecular flexibility index (Phi) is 6.59. The monoisotopic (exact) mass is 474 g/mol. The molecule has 0 spiro atoms. The van der Waals surface area contributed by atoms with Crippen LogP contribution in [0.2, 0.25) is 0 Å². The quantitative estimate of drug-likeness (QED) is 0.535. The second-order valence-electron chi connectivity index (χ2n) is 9.14. The molecule has 5 rings (SSSR count). The highest BCUT2D eigenvalue weighted by atomic mass is 19.1. The van der Waals surface area contributed by atoms with Gasteiger partial charge in [0.25, 0.3) is 5.91 Å². The van der Waals surface area contributed by atoms with Gasteiger partial charge in [0.15, 0.2) is 0 Å². The molecule has 1 atom stereocenters. The number of halogens is 2. The Morgan fingerprint density at radius 1 is 0.943 bits per heavy atom. The number of hydrazone groups is 1. The Morgan fingerprint density at radius 3 is 2.40 bits per heavy atom. The molecule has 0 saturated carbocycles. The van der Waals surface area contributed by atoms with E-state index in [9.17, 15) is 13.6 Å². The molecule has 0 aliphatic carbocycles. The molecular weight excluding hydrogens is 446 g/mol. The van der Waals surface area contributed by atoms with Gasteiger partial charge in [0.05, 0.1) is 24.0 Å². The van der Waals surface area contributed by atoms with Gasteiger partial charge in [-0.05, 0) is 42.3 Å². The average Bonchev–Trinajstić information content (AvgIpc) is 3.31. The van der Waals surface area contributed by atoms with Crippen LogP contribution in [0.25, 0.3) is 0 Å². The largest absolute Gasteiger partial charge is 0.367 e. The van der Waals surface area contributed by atoms with Crippen LogP contribution in [0, 0.1) is 18.6 Å². The van der Waals surface area contributed by atoms with Crippen LogP contribution in [0.15, 0.2) is 77.9 Å². The van der Waals surface area contributed by atoms with Crippen molar-refractivity contribution in [2.24, 2.45) is 5.10 Å². The summed E-state index contributed by atoms with van der Waals surface area (Å²) in [5, 5.41) is 6.23. The summed E-state index contributed by atoms with van der Waals surface area (Å²) < 4.78 is 28.2. The lowest BCUT2D eigenvalue weighted by Gasteiger charge is -2.36. The molecule has 0 aromatic heterocycles. The molecule has 0 N–H and O–H groups in total. The fraction of sp³-hybridized carbons (Fsp3) is 0.286. The zero-order valence-electron chi connectivity index (χ0n) is 19.7. The van der Waals surface area contributed by atoms with Gasteiger partial charge in [-0.3, -0.25) is 9.69 Å². The lowest BCUT2D eigenvalue weighted by atomic mass is 9.98. The standard InChI is InChI=1S/C28H28F2N4O/c1-20-9-11-21(12-10-20)25-18-27(22-5-4-6-23(29)17-22)34(31-25)28(35)19-32-13-15-33(16-14-32)26-8-3-2-7-24(26)30/h2-12,17,27H,13-16,18-19H2,1H3. The maximum Gasteiger partial charge on any atom is 0.257 e. The highest BCUT2D eigenvalue weighted by Crippen LogP contribution is 2.33. The van der Waals surface area contributed by atoms with E-state index in [0.29, 0.717) is 38.3 Å². The van der Waals surface area contributed by atoms with Crippen molar-refractivity contribution in [3.8, 4) is 0 Å². The molecule has 1 amide bonds. The van der Waals surface area contributed by atoms with E-state index in [4.69, 9.17) is 5.10 Å². The van der Waals surface area contributed by atoms with E-state index < -0.39 is 0 Å². The lowest BCUT2D eigenvalue weighted by molar-refractivity contribution is -0.134. The van der Waals surface area contributed by atoms with Crippen molar-refractivity contribution in [3.05, 3.63) is 101 Å². The summed E-state index contributed by atoms with van der Waals surface area (Å²) in [5.41, 5.74) is 4.25. The Morgan fingerprint density at radius 2 is 1.69 bits per heavy atom. The van der Waals surface area contributed by atoms with Crippen molar-refractivity contribution in [1.82, 2.24) is 9.91 Å². The van der Waals surface area contributed by atoms with Crippen LogP contribution in [0.4, 0.5) is 14.5 Å². The number of hydrogen-bond acceptors (Lipinski definition) is 4. The van der Waals surface area contributed by atoms with E-state index in [2.05, 4.69) is 4.90 Å². The molecule has 0 bridgehead atoms. The summed E-state index contributed by atoms with van der Waals surface area (Å²) >= 11 is 0. The molecule has 3 aromatic carbocycles. The zero-order chi connectivity index (χ0) is 24.4. The first-order chi connectivity index (χ1) is 17.0. The Bertz CT molecular complexity index is 1240. The summed E-state index contributed by atoms with van der Waals surface area (Å²) in [7, 11) is 0. The molecule has 2 heterocycles. The SMILES string of the molecule is Cc1ccc(C2=NN(C(=O)CN3CCN(c4ccccc4F)CC3)C(c3cccc(F)c3)C2)cc1. The summed E-state index contributed by atoms with van der Waals surface area (Å²) in [4.78, 5) is 17.5. The molecule has 2 aliphatic heterocycles. The number of hydrogen-bond donors (Lipinski definition) is 0. The summed E-state index contributed by atoms with van der Waals surface area (Å²) in [6.07, 6.45) is 0.527. The number of benzene rings is 3. The van der Waals surface area contributed by atoms with Gasteiger partial charge in [-0.15, -0.1) is 0 Å². The van der Waals surface area contributed by atoms with Crippen LogP contribution in [-0.2, 0) is 4.79 Å². The number of piperazine rings is 1. The van der Waals surface area contributed by atoms with Gasteiger partial charge in [-0.1, -0.05) is 54.1 Å². The highest BCUT2D eigenvalue weighted by molar-refractivity contribution is 6.03. The zero-order valence-corrected chi connectivity index (χ0v) is 19.7. The second kappa shape index (κ2) is 9.96. The molecule has 7 heteroatoms. The van der Waals surface area contributed by atoms with Crippen molar-refractivity contribution in [2.75, 3.05) is 37.6 Å². The third-order valence-electron chi connectivity index (χ3n) is 6.71. The van der Waals surface area contributed by atoms with Crippen LogP contribution >= 0.6 is 0 Å². The average molecular weight is 475 g/mol. The van der Waals surface area contributed by atoms with Crippen LogP contribution in [-0.4, -0.2) is 54.3 Å². The molecule has 35 heavy (non-hydrogen) atoms. The first-order valence-corrected chi connectivity index (χ1v) is 11.9. The minimum absolute atomic E-state index is 0.124. The van der Waals surface area contributed by atoms with Crippen LogP contribution in [0.5, 0.6) is 0 Å². The van der Waals surface area contributed by atoms with Crippen molar-refractivity contribution in [2.45, 2.75) is 19.4 Å². The normalized spacial score (nSPS) is 18.6. The lowest BCUT2D eigenvalue weighted by Crippen LogP contribution is -2.49. The molecule has 5 nitrogen and oxygen atoms in total. The van der Waals surface area contributed by atoms with Gasteiger partial charge < -0.3 is 4.90 Å². The number of amides is 1. The van der Waals surface area contributed by atoms with Gasteiger partial charge >= 0.3 is 0 Å². The summed E-state index contributed by atoms with van der Waals surface area (Å²) in [6.45, 7) is 4.80. The topological polar surface area (TPSA) is 39.2 Å². The van der Waals surface area contributed by atoms with E-state index in [1.165, 1.54) is 23.2 Å². The van der Waals surface area contributed by atoms with Crippen molar-refractivity contribution < 1.29 is 13.6 Å². The van der Waals surface area contributed by atoms with E-state index >= 15 is 0 Å². The third kappa shape index (κ3) is 5.10. The van der Waals surface area contributed by atoms with Crippen LogP contribution in [0.1, 0.15) is 29.2 Å². The van der Waals surface area contributed by atoms with E-state index in [0.717, 1.165) is 22.4 Å². The number of carbonyl (C=O) groups excluding carboxylic acids is 1. The Balaban J connectivity index is 1.31. The number of rotatable bonds is 5. The molecule has 0 radical (unpaired) electrons. The maximum absolute atomic E-state index is 14.2. The van der Waals surface area contributed by atoms with E-state index in [-0.39, 0.29) is 30.1 Å². The minimum atomic E-state index is -0.353. The smallest absolute Gasteiger partial charge is 0.257 e. The van der Waals surface area contributed by atoms with Crippen molar-refractivity contribution >= 4 is 17.3 Å². The number of para-hydroxylation sites is 1. The summed E-state index contributed by atoms with van der Waals surface area (Å²) in [5.74, 6) is -0.686. The number of anilines is 1. The fourth-order valence-electron chi connectivity index (χ4n) is 4.75. The molecule has 2 aliphatic rings. The first-order valence-electron chi connectivity index (χ1n) is 11.9. The number of nitrogens with zero attached hydrogens (tertiary/aromatic N) is 4. The highest BCUT2D eigenvalue weighted by Gasteiger charge is 2.34. The van der Waals surface area contributed by atoms with Gasteiger partial charge in [-0.25, -0.2) is 13.8 Å². The molecule has 1 fully saturated rings. The van der Waals surface area contributed by atoms with Crippen LogP contribution < -0.4 is 4.90 Å². The molecule has 180 valence electrons. The Hall–Kier alpha value is -3.58. The second-order valence-corrected chi connectivity index (χ2v) is 9.14. The van der Waals surface area contributed by atoms with Crippen LogP contribution in [0.3, 0.4) is 0 Å². The Labute approximate surface area is 204 Å². The minimum Gasteiger partial charge on any atom is -0.367 e. The van der Waals surface area contributed by atoms with Gasteiger partial charge in [0.1, 0.15) is 11.6 Å². The van der Waals surface area contributed by atoms with Crippen molar-refractivity contribution in [3.63, 3.8) is 0 Å². The summed E-state index contributed by atoms with van der Waals surface area (Å²) in [6, 6.07) is 20.9. The van der Waals surface area contributed by atoms with Crippen molar-refractivity contribution in [1.29, 1.82) is 0 Å². The molecule has 3 aromatic rings.